The molecule has 0 saturated carbocycles. The highest BCUT2D eigenvalue weighted by atomic mass is 16.6. The van der Waals surface area contributed by atoms with E-state index in [1.54, 1.807) is 13.0 Å². The molecule has 2 fully saturated rings. The summed E-state index contributed by atoms with van der Waals surface area (Å²) in [6, 6.07) is -0.438. The summed E-state index contributed by atoms with van der Waals surface area (Å²) >= 11 is 0. The summed E-state index contributed by atoms with van der Waals surface area (Å²) in [7, 11) is 3.65. The molecule has 0 aromatic carbocycles. The van der Waals surface area contributed by atoms with Gasteiger partial charge in [-0.3, -0.25) is 9.59 Å². The Morgan fingerprint density at radius 1 is 1.29 bits per heavy atom. The fourth-order valence-corrected chi connectivity index (χ4v) is 4.55. The second-order valence-corrected chi connectivity index (χ2v) is 7.81. The van der Waals surface area contributed by atoms with Gasteiger partial charge in [0, 0.05) is 6.42 Å². The summed E-state index contributed by atoms with van der Waals surface area (Å²) in [6.07, 6.45) is 0.628. The van der Waals surface area contributed by atoms with Crippen molar-refractivity contribution in [3.05, 3.63) is 11.8 Å². The second kappa shape index (κ2) is 5.03. The van der Waals surface area contributed by atoms with E-state index in [0.29, 0.717) is 12.2 Å². The smallest absolute Gasteiger partial charge is 0.319 e. The van der Waals surface area contributed by atoms with E-state index in [1.165, 1.54) is 0 Å². The molecule has 8 unspecified atom stereocenters. The molecular formula is C17H23NO6. The third-order valence-electron chi connectivity index (χ3n) is 5.91. The maximum absolute atomic E-state index is 12.4. The van der Waals surface area contributed by atoms with Crippen LogP contribution in [0.4, 0.5) is 0 Å². The van der Waals surface area contributed by atoms with Crippen LogP contribution < -0.4 is 0 Å². The lowest BCUT2D eigenvalue weighted by atomic mass is 9.80. The Labute approximate surface area is 140 Å². The summed E-state index contributed by atoms with van der Waals surface area (Å²) in [4.78, 5) is 26.3. The molecule has 0 amide bonds. The minimum atomic E-state index is -0.829. The van der Waals surface area contributed by atoms with Gasteiger partial charge in [-0.05, 0) is 27.1 Å². The van der Waals surface area contributed by atoms with Gasteiger partial charge in [-0.25, -0.2) is 0 Å². The van der Waals surface area contributed by atoms with Crippen molar-refractivity contribution in [2.45, 2.75) is 50.2 Å². The molecule has 8 atom stereocenters. The number of fused-ring (bicyclic) bond motifs is 4. The number of hydrogen-bond donors (Lipinski definition) is 1. The zero-order valence-corrected chi connectivity index (χ0v) is 14.3. The van der Waals surface area contributed by atoms with E-state index < -0.39 is 35.7 Å². The van der Waals surface area contributed by atoms with Crippen molar-refractivity contribution < 1.29 is 28.9 Å². The molecule has 7 nitrogen and oxygen atoms in total. The number of rotatable bonds is 1. The molecule has 0 radical (unpaired) electrons. The number of carbonyl (C=O) groups is 2. The standard InChI is InChI=1S/C17H23NO6/c1-7-11-9-5-8(16(21)22-9)12(18(3)4)13(19)14-17(2,24-14)6-10(11)23-15(7)20/h5,7-8,10-14,19H,6H2,1-4H3. The first-order valence-corrected chi connectivity index (χ1v) is 8.39. The first-order valence-electron chi connectivity index (χ1n) is 8.39. The maximum atomic E-state index is 12.4. The van der Waals surface area contributed by atoms with Gasteiger partial charge in [0.1, 0.15) is 18.0 Å². The Morgan fingerprint density at radius 2 is 2.00 bits per heavy atom. The van der Waals surface area contributed by atoms with Crippen LogP contribution in [0.5, 0.6) is 0 Å². The Bertz CT molecular complexity index is 631. The first-order chi connectivity index (χ1) is 11.2. The molecule has 3 aliphatic heterocycles. The molecule has 132 valence electrons. The lowest BCUT2D eigenvalue weighted by Crippen LogP contribution is -2.49. The lowest BCUT2D eigenvalue weighted by Gasteiger charge is -2.31. The number of carbonyl (C=O) groups excluding carboxylic acids is 2. The molecule has 0 spiro atoms. The molecule has 3 heterocycles. The van der Waals surface area contributed by atoms with Crippen molar-refractivity contribution >= 4 is 11.9 Å². The van der Waals surface area contributed by atoms with E-state index in [9.17, 15) is 14.7 Å². The van der Waals surface area contributed by atoms with E-state index in [0.717, 1.165) is 0 Å². The van der Waals surface area contributed by atoms with Crippen molar-refractivity contribution in [2.24, 2.45) is 17.8 Å². The molecule has 4 rings (SSSR count). The number of nitrogens with zero attached hydrogens (tertiary/aromatic N) is 1. The Balaban J connectivity index is 1.78. The minimum absolute atomic E-state index is 0.282. The van der Waals surface area contributed by atoms with Gasteiger partial charge < -0.3 is 24.2 Å². The molecule has 2 bridgehead atoms. The zero-order chi connectivity index (χ0) is 17.4. The van der Waals surface area contributed by atoms with Gasteiger partial charge in [-0.15, -0.1) is 0 Å². The molecule has 1 N–H and O–H groups in total. The van der Waals surface area contributed by atoms with Crippen LogP contribution in [0.3, 0.4) is 0 Å². The number of epoxide rings is 1. The zero-order valence-electron chi connectivity index (χ0n) is 14.3. The number of hydrogen-bond acceptors (Lipinski definition) is 7. The topological polar surface area (TPSA) is 88.6 Å². The third-order valence-corrected chi connectivity index (χ3v) is 5.91. The number of likely N-dealkylation sites (N-methyl/N-ethyl adjacent to an activating group) is 1. The molecule has 2 saturated heterocycles. The van der Waals surface area contributed by atoms with Gasteiger partial charge in [0.2, 0.25) is 0 Å². The van der Waals surface area contributed by atoms with Crippen molar-refractivity contribution in [2.75, 3.05) is 14.1 Å². The van der Waals surface area contributed by atoms with E-state index in [4.69, 9.17) is 14.2 Å². The fraction of sp³-hybridized carbons (Fsp3) is 0.765. The summed E-state index contributed by atoms with van der Waals surface area (Å²) in [5.74, 6) is -1.41. The summed E-state index contributed by atoms with van der Waals surface area (Å²) in [5.41, 5.74) is -0.554. The molecular weight excluding hydrogens is 314 g/mol. The van der Waals surface area contributed by atoms with E-state index >= 15 is 0 Å². The van der Waals surface area contributed by atoms with Crippen molar-refractivity contribution in [1.82, 2.24) is 4.90 Å². The predicted molar refractivity (Wildman–Crippen MR) is 81.6 cm³/mol. The minimum Gasteiger partial charge on any atom is -0.461 e. The van der Waals surface area contributed by atoms with Crippen LogP contribution in [0.25, 0.3) is 0 Å². The Kier molecular flexibility index (Phi) is 3.37. The van der Waals surface area contributed by atoms with Crippen molar-refractivity contribution in [1.29, 1.82) is 0 Å². The highest BCUT2D eigenvalue weighted by Gasteiger charge is 2.63. The highest BCUT2D eigenvalue weighted by molar-refractivity contribution is 5.81. The first kappa shape index (κ1) is 16.1. The number of aliphatic hydroxyl groups is 1. The van der Waals surface area contributed by atoms with Crippen LogP contribution in [0.1, 0.15) is 20.3 Å². The third kappa shape index (κ3) is 2.14. The van der Waals surface area contributed by atoms with Gasteiger partial charge in [0.05, 0.1) is 35.5 Å². The van der Waals surface area contributed by atoms with Crippen molar-refractivity contribution in [3.63, 3.8) is 0 Å². The lowest BCUT2D eigenvalue weighted by molar-refractivity contribution is -0.144. The van der Waals surface area contributed by atoms with Crippen LogP contribution in [-0.2, 0) is 23.8 Å². The van der Waals surface area contributed by atoms with Crippen LogP contribution in [0, 0.1) is 17.8 Å². The van der Waals surface area contributed by atoms with Crippen LogP contribution in [0.15, 0.2) is 11.8 Å². The average molecular weight is 337 g/mol. The van der Waals surface area contributed by atoms with E-state index in [1.807, 2.05) is 25.9 Å². The normalized spacial score (nSPS) is 49.9. The number of ether oxygens (including phenoxy) is 3. The van der Waals surface area contributed by atoms with Gasteiger partial charge in [-0.2, -0.15) is 0 Å². The van der Waals surface area contributed by atoms with Crippen LogP contribution >= 0.6 is 0 Å². The number of aliphatic hydroxyl groups excluding tert-OH is 1. The summed E-state index contributed by atoms with van der Waals surface area (Å²) in [6.45, 7) is 3.72. The molecule has 4 aliphatic rings. The predicted octanol–water partition coefficient (Wildman–Crippen LogP) is 0.0733. The molecule has 24 heavy (non-hydrogen) atoms. The quantitative estimate of drug-likeness (QED) is 0.535. The van der Waals surface area contributed by atoms with Crippen LogP contribution in [0.2, 0.25) is 0 Å². The van der Waals surface area contributed by atoms with Crippen LogP contribution in [-0.4, -0.2) is 66.0 Å². The maximum Gasteiger partial charge on any atom is 0.319 e. The number of esters is 2. The highest BCUT2D eigenvalue weighted by Crippen LogP contribution is 2.51. The average Bonchev–Trinajstić information content (AvgIpc) is 2.89. The van der Waals surface area contributed by atoms with Gasteiger partial charge >= 0.3 is 11.9 Å². The second-order valence-electron chi connectivity index (χ2n) is 7.81. The SMILES string of the molecule is CC1C(=O)OC2CC3(C)OC3C(O)C(N(C)C)C3C=C(OC3=O)C21. The molecule has 1 aliphatic carbocycles. The van der Waals surface area contributed by atoms with E-state index in [2.05, 4.69) is 0 Å². The monoisotopic (exact) mass is 337 g/mol. The Hall–Kier alpha value is -1.44. The van der Waals surface area contributed by atoms with E-state index in [-0.39, 0.29) is 23.9 Å². The summed E-state index contributed by atoms with van der Waals surface area (Å²) in [5, 5.41) is 10.8. The fourth-order valence-electron chi connectivity index (χ4n) is 4.55. The summed E-state index contributed by atoms with van der Waals surface area (Å²) < 4.78 is 16.8. The molecule has 0 aromatic rings. The van der Waals surface area contributed by atoms with Crippen molar-refractivity contribution in [3.8, 4) is 0 Å². The largest absolute Gasteiger partial charge is 0.461 e. The Morgan fingerprint density at radius 3 is 2.67 bits per heavy atom. The van der Waals surface area contributed by atoms with Gasteiger partial charge in [-0.1, -0.05) is 6.92 Å². The van der Waals surface area contributed by atoms with Gasteiger partial charge in [0.25, 0.3) is 0 Å². The van der Waals surface area contributed by atoms with Gasteiger partial charge in [0.15, 0.2) is 0 Å². The molecule has 0 aromatic heterocycles. The molecule has 7 heteroatoms.